The molecule has 0 aliphatic heterocycles. The van der Waals surface area contributed by atoms with Gasteiger partial charge in [-0.05, 0) is 31.4 Å². The zero-order valence-electron chi connectivity index (χ0n) is 10.8. The maximum atomic E-state index is 11.5. The Kier molecular flexibility index (Phi) is 5.53. The van der Waals surface area contributed by atoms with Crippen LogP contribution in [0.15, 0.2) is 24.3 Å². The van der Waals surface area contributed by atoms with E-state index in [-0.39, 0.29) is 18.6 Å². The van der Waals surface area contributed by atoms with Gasteiger partial charge in [-0.25, -0.2) is 0 Å². The first-order valence-electron chi connectivity index (χ1n) is 6.17. The SMILES string of the molecule is CCc1ccccc1OCC(=O)N[C@H](C)CC. The summed E-state index contributed by atoms with van der Waals surface area (Å²) in [6.45, 7) is 6.18. The molecule has 94 valence electrons. The second kappa shape index (κ2) is 6.94. The maximum Gasteiger partial charge on any atom is 0.258 e. The number of carbonyl (C=O) groups is 1. The highest BCUT2D eigenvalue weighted by Gasteiger charge is 2.07. The van der Waals surface area contributed by atoms with Crippen LogP contribution < -0.4 is 10.1 Å². The Morgan fingerprint density at radius 1 is 1.35 bits per heavy atom. The predicted octanol–water partition coefficient (Wildman–Crippen LogP) is 2.54. The predicted molar refractivity (Wildman–Crippen MR) is 69.2 cm³/mol. The number of para-hydroxylation sites is 1. The van der Waals surface area contributed by atoms with Crippen molar-refractivity contribution >= 4 is 5.91 Å². The van der Waals surface area contributed by atoms with Crippen LogP contribution >= 0.6 is 0 Å². The number of aryl methyl sites for hydroxylation is 1. The summed E-state index contributed by atoms with van der Waals surface area (Å²) in [7, 11) is 0. The Balaban J connectivity index is 2.47. The summed E-state index contributed by atoms with van der Waals surface area (Å²) in [4.78, 5) is 11.5. The van der Waals surface area contributed by atoms with E-state index in [0.29, 0.717) is 0 Å². The lowest BCUT2D eigenvalue weighted by molar-refractivity contribution is -0.123. The van der Waals surface area contributed by atoms with Gasteiger partial charge in [0.1, 0.15) is 5.75 Å². The molecule has 1 atom stereocenters. The van der Waals surface area contributed by atoms with Gasteiger partial charge in [0.05, 0.1) is 0 Å². The van der Waals surface area contributed by atoms with Crippen LogP contribution in [0.2, 0.25) is 0 Å². The van der Waals surface area contributed by atoms with Crippen LogP contribution in [0.5, 0.6) is 5.75 Å². The van der Waals surface area contributed by atoms with Crippen molar-refractivity contribution in [2.45, 2.75) is 39.7 Å². The van der Waals surface area contributed by atoms with Crippen LogP contribution in [-0.2, 0) is 11.2 Å². The molecule has 0 aliphatic rings. The van der Waals surface area contributed by atoms with E-state index in [0.717, 1.165) is 24.2 Å². The Bertz CT molecular complexity index is 363. The van der Waals surface area contributed by atoms with Gasteiger partial charge in [-0.15, -0.1) is 0 Å². The standard InChI is InChI=1S/C14H21NO2/c1-4-11(3)15-14(16)10-17-13-9-7-6-8-12(13)5-2/h6-9,11H,4-5,10H2,1-3H3,(H,15,16)/t11-/m1/s1. The van der Waals surface area contributed by atoms with Gasteiger partial charge in [0.15, 0.2) is 6.61 Å². The third-order valence-electron chi connectivity index (χ3n) is 2.73. The molecule has 0 radical (unpaired) electrons. The highest BCUT2D eigenvalue weighted by molar-refractivity contribution is 5.77. The van der Waals surface area contributed by atoms with Crippen LogP contribution in [-0.4, -0.2) is 18.6 Å². The lowest BCUT2D eigenvalue weighted by Crippen LogP contribution is -2.35. The summed E-state index contributed by atoms with van der Waals surface area (Å²) in [5.41, 5.74) is 1.13. The van der Waals surface area contributed by atoms with Gasteiger partial charge in [-0.2, -0.15) is 0 Å². The van der Waals surface area contributed by atoms with Crippen molar-refractivity contribution < 1.29 is 9.53 Å². The highest BCUT2D eigenvalue weighted by Crippen LogP contribution is 2.17. The third-order valence-corrected chi connectivity index (χ3v) is 2.73. The van der Waals surface area contributed by atoms with E-state index < -0.39 is 0 Å². The molecule has 0 saturated heterocycles. The molecule has 0 bridgehead atoms. The van der Waals surface area contributed by atoms with Crippen molar-refractivity contribution in [2.75, 3.05) is 6.61 Å². The zero-order chi connectivity index (χ0) is 12.7. The highest BCUT2D eigenvalue weighted by atomic mass is 16.5. The fraction of sp³-hybridized carbons (Fsp3) is 0.500. The molecule has 1 rings (SSSR count). The normalized spacial score (nSPS) is 11.9. The van der Waals surface area contributed by atoms with Crippen LogP contribution in [0, 0.1) is 0 Å². The van der Waals surface area contributed by atoms with Crippen molar-refractivity contribution in [1.82, 2.24) is 5.32 Å². The van der Waals surface area contributed by atoms with Crippen LogP contribution in [0.25, 0.3) is 0 Å². The van der Waals surface area contributed by atoms with Crippen molar-refractivity contribution in [3.05, 3.63) is 29.8 Å². The lowest BCUT2D eigenvalue weighted by atomic mass is 10.1. The van der Waals surface area contributed by atoms with Crippen molar-refractivity contribution in [1.29, 1.82) is 0 Å². The molecule has 1 amide bonds. The molecular formula is C14H21NO2. The fourth-order valence-corrected chi connectivity index (χ4v) is 1.50. The number of carbonyl (C=O) groups excluding carboxylic acids is 1. The summed E-state index contributed by atoms with van der Waals surface area (Å²) in [6, 6.07) is 8.01. The molecular weight excluding hydrogens is 214 g/mol. The smallest absolute Gasteiger partial charge is 0.258 e. The van der Waals surface area contributed by atoms with E-state index in [1.807, 2.05) is 38.1 Å². The quantitative estimate of drug-likeness (QED) is 0.823. The van der Waals surface area contributed by atoms with Gasteiger partial charge < -0.3 is 10.1 Å². The Morgan fingerprint density at radius 2 is 2.06 bits per heavy atom. The lowest BCUT2D eigenvalue weighted by Gasteiger charge is -2.13. The summed E-state index contributed by atoms with van der Waals surface area (Å²) >= 11 is 0. The van der Waals surface area contributed by atoms with Crippen LogP contribution in [0.1, 0.15) is 32.8 Å². The van der Waals surface area contributed by atoms with E-state index in [1.165, 1.54) is 0 Å². The molecule has 3 heteroatoms. The molecule has 0 saturated carbocycles. The number of ether oxygens (including phenoxy) is 1. The van der Waals surface area contributed by atoms with E-state index >= 15 is 0 Å². The maximum absolute atomic E-state index is 11.5. The first-order valence-corrected chi connectivity index (χ1v) is 6.17. The van der Waals surface area contributed by atoms with Gasteiger partial charge in [-0.1, -0.05) is 32.0 Å². The monoisotopic (exact) mass is 235 g/mol. The van der Waals surface area contributed by atoms with Crippen LogP contribution in [0.4, 0.5) is 0 Å². The number of hydrogen-bond donors (Lipinski definition) is 1. The van der Waals surface area contributed by atoms with E-state index in [2.05, 4.69) is 12.2 Å². The average Bonchev–Trinajstić information content (AvgIpc) is 2.36. The van der Waals surface area contributed by atoms with Gasteiger partial charge in [0.2, 0.25) is 0 Å². The van der Waals surface area contributed by atoms with Gasteiger partial charge in [0, 0.05) is 6.04 Å². The molecule has 1 aromatic rings. The van der Waals surface area contributed by atoms with Crippen molar-refractivity contribution in [3.8, 4) is 5.75 Å². The molecule has 17 heavy (non-hydrogen) atoms. The van der Waals surface area contributed by atoms with Crippen molar-refractivity contribution in [2.24, 2.45) is 0 Å². The minimum atomic E-state index is -0.0646. The summed E-state index contributed by atoms with van der Waals surface area (Å²) in [5.74, 6) is 0.736. The average molecular weight is 235 g/mol. The van der Waals surface area contributed by atoms with E-state index in [4.69, 9.17) is 4.74 Å². The Labute approximate surface area is 103 Å². The zero-order valence-corrected chi connectivity index (χ0v) is 10.8. The largest absolute Gasteiger partial charge is 0.483 e. The number of benzene rings is 1. The van der Waals surface area contributed by atoms with Crippen molar-refractivity contribution in [3.63, 3.8) is 0 Å². The number of hydrogen-bond acceptors (Lipinski definition) is 2. The van der Waals surface area contributed by atoms with Gasteiger partial charge in [0.25, 0.3) is 5.91 Å². The second-order valence-electron chi connectivity index (χ2n) is 4.13. The third kappa shape index (κ3) is 4.47. The minimum Gasteiger partial charge on any atom is -0.483 e. The number of amides is 1. The summed E-state index contributed by atoms with van der Waals surface area (Å²) in [5, 5.41) is 2.87. The fourth-order valence-electron chi connectivity index (χ4n) is 1.50. The molecule has 1 N–H and O–H groups in total. The minimum absolute atomic E-state index is 0.0646. The van der Waals surface area contributed by atoms with Crippen LogP contribution in [0.3, 0.4) is 0 Å². The molecule has 1 aromatic carbocycles. The first kappa shape index (κ1) is 13.6. The van der Waals surface area contributed by atoms with Gasteiger partial charge >= 0.3 is 0 Å². The van der Waals surface area contributed by atoms with Gasteiger partial charge in [-0.3, -0.25) is 4.79 Å². The molecule has 3 nitrogen and oxygen atoms in total. The first-order chi connectivity index (χ1) is 8.17. The number of rotatable bonds is 6. The Morgan fingerprint density at radius 3 is 2.71 bits per heavy atom. The Hall–Kier alpha value is -1.51. The second-order valence-corrected chi connectivity index (χ2v) is 4.13. The molecule has 0 aromatic heterocycles. The summed E-state index contributed by atoms with van der Waals surface area (Å²) in [6.07, 6.45) is 1.83. The molecule has 0 fully saturated rings. The molecule has 0 unspecified atom stereocenters. The summed E-state index contributed by atoms with van der Waals surface area (Å²) < 4.78 is 5.52. The molecule has 0 heterocycles. The molecule has 0 aliphatic carbocycles. The van der Waals surface area contributed by atoms with E-state index in [9.17, 15) is 4.79 Å². The van der Waals surface area contributed by atoms with E-state index in [1.54, 1.807) is 0 Å². The molecule has 0 spiro atoms. The number of nitrogens with one attached hydrogen (secondary N) is 1. The topological polar surface area (TPSA) is 38.3 Å².